The molecule has 2 saturated carbocycles. The highest BCUT2D eigenvalue weighted by atomic mass is 16.5. The van der Waals surface area contributed by atoms with Crippen LogP contribution in [0.5, 0.6) is 0 Å². The molecule has 4 N–H and O–H groups in total. The highest BCUT2D eigenvalue weighted by Crippen LogP contribution is 2.72. The lowest BCUT2D eigenvalue weighted by atomic mass is 9.35. The molecule has 0 aromatic heterocycles. The van der Waals surface area contributed by atoms with Crippen molar-refractivity contribution < 1.29 is 25.2 Å². The summed E-state index contributed by atoms with van der Waals surface area (Å²) in [6.45, 7) is 14.7. The number of rotatable bonds is 1. The molecule has 1 aliphatic heterocycles. The van der Waals surface area contributed by atoms with E-state index in [1.54, 1.807) is 6.08 Å². The van der Waals surface area contributed by atoms with Crippen LogP contribution in [-0.4, -0.2) is 57.0 Å². The molecule has 4 aliphatic rings. The Kier molecular flexibility index (Phi) is 4.72. The molecule has 1 saturated heterocycles. The monoisotopic (exact) mass is 408 g/mol. The summed E-state index contributed by atoms with van der Waals surface area (Å²) in [7, 11) is 0. The molecule has 5 nitrogen and oxygen atoms in total. The summed E-state index contributed by atoms with van der Waals surface area (Å²) < 4.78 is 6.16. The summed E-state index contributed by atoms with van der Waals surface area (Å²) in [4.78, 5) is 0. The van der Waals surface area contributed by atoms with Gasteiger partial charge in [0.1, 0.15) is 0 Å². The Labute approximate surface area is 175 Å². The van der Waals surface area contributed by atoms with E-state index in [1.807, 2.05) is 20.8 Å². The van der Waals surface area contributed by atoms with E-state index in [4.69, 9.17) is 4.74 Å². The summed E-state index contributed by atoms with van der Waals surface area (Å²) in [6.07, 6.45) is 0.686. The summed E-state index contributed by atoms with van der Waals surface area (Å²) in [6, 6.07) is 0. The van der Waals surface area contributed by atoms with Crippen molar-refractivity contribution in [1.82, 2.24) is 0 Å². The second kappa shape index (κ2) is 6.29. The van der Waals surface area contributed by atoms with Gasteiger partial charge in [-0.15, -0.1) is 0 Å². The van der Waals surface area contributed by atoms with E-state index in [1.165, 1.54) is 0 Å². The largest absolute Gasteiger partial charge is 0.390 e. The van der Waals surface area contributed by atoms with Crippen molar-refractivity contribution in [2.45, 2.75) is 91.3 Å². The lowest BCUT2D eigenvalue weighted by molar-refractivity contribution is -0.284. The van der Waals surface area contributed by atoms with Gasteiger partial charge in [-0.3, -0.25) is 0 Å². The second-order valence-corrected chi connectivity index (χ2v) is 11.6. The Morgan fingerprint density at radius 3 is 2.31 bits per heavy atom. The zero-order valence-electron chi connectivity index (χ0n) is 19.0. The Balaban J connectivity index is 1.92. The molecule has 3 aliphatic carbocycles. The van der Waals surface area contributed by atoms with Crippen LogP contribution in [0.3, 0.4) is 0 Å². The summed E-state index contributed by atoms with van der Waals surface area (Å²) >= 11 is 0. The maximum Gasteiger partial charge on any atom is 0.0886 e. The number of hydrogen-bond acceptors (Lipinski definition) is 5. The molecule has 29 heavy (non-hydrogen) atoms. The van der Waals surface area contributed by atoms with E-state index in [-0.39, 0.29) is 35.2 Å². The van der Waals surface area contributed by atoms with E-state index in [9.17, 15) is 20.4 Å². The van der Waals surface area contributed by atoms with Crippen molar-refractivity contribution in [3.8, 4) is 0 Å². The van der Waals surface area contributed by atoms with Gasteiger partial charge in [0.2, 0.25) is 0 Å². The Hall–Kier alpha value is -0.460. The molecule has 11 unspecified atom stereocenters. The van der Waals surface area contributed by atoms with E-state index >= 15 is 0 Å². The lowest BCUT2D eigenvalue weighted by Crippen LogP contribution is -2.74. The average Bonchev–Trinajstić information content (AvgIpc) is 2.98. The summed E-state index contributed by atoms with van der Waals surface area (Å²) in [5.41, 5.74) is -1.79. The molecule has 3 fully saturated rings. The van der Waals surface area contributed by atoms with Gasteiger partial charge in [0.15, 0.2) is 0 Å². The summed E-state index contributed by atoms with van der Waals surface area (Å²) in [5.74, 6) is -0.276. The molecule has 0 radical (unpaired) electrons. The molecule has 1 heterocycles. The van der Waals surface area contributed by atoms with Gasteiger partial charge in [-0.2, -0.15) is 0 Å². The molecule has 0 spiro atoms. The van der Waals surface area contributed by atoms with Gasteiger partial charge in [0.05, 0.1) is 36.6 Å². The van der Waals surface area contributed by atoms with Crippen molar-refractivity contribution in [1.29, 1.82) is 0 Å². The molecular formula is C24H40O5. The van der Waals surface area contributed by atoms with Gasteiger partial charge >= 0.3 is 0 Å². The maximum atomic E-state index is 11.6. The van der Waals surface area contributed by atoms with Crippen LogP contribution in [-0.2, 0) is 4.74 Å². The van der Waals surface area contributed by atoms with E-state index in [0.29, 0.717) is 6.61 Å². The highest BCUT2D eigenvalue weighted by molar-refractivity contribution is 5.31. The smallest absolute Gasteiger partial charge is 0.0886 e. The van der Waals surface area contributed by atoms with Crippen LogP contribution in [0.25, 0.3) is 0 Å². The van der Waals surface area contributed by atoms with Crippen LogP contribution in [0.15, 0.2) is 11.6 Å². The van der Waals surface area contributed by atoms with Crippen LogP contribution >= 0.6 is 0 Å². The van der Waals surface area contributed by atoms with Crippen molar-refractivity contribution in [3.05, 3.63) is 11.6 Å². The second-order valence-electron chi connectivity index (χ2n) is 11.6. The third-order valence-electron chi connectivity index (χ3n) is 10.3. The predicted molar refractivity (Wildman–Crippen MR) is 111 cm³/mol. The van der Waals surface area contributed by atoms with Gasteiger partial charge in [0.25, 0.3) is 0 Å². The van der Waals surface area contributed by atoms with E-state index < -0.39 is 34.7 Å². The number of ether oxygens (including phenoxy) is 1. The molecule has 11 atom stereocenters. The van der Waals surface area contributed by atoms with Crippen LogP contribution in [0.4, 0.5) is 0 Å². The van der Waals surface area contributed by atoms with Gasteiger partial charge in [-0.1, -0.05) is 33.8 Å². The molecule has 5 heteroatoms. The minimum absolute atomic E-state index is 0.0225. The quantitative estimate of drug-likeness (QED) is 0.501. The fourth-order valence-electron chi connectivity index (χ4n) is 8.78. The molecule has 0 aromatic carbocycles. The van der Waals surface area contributed by atoms with Gasteiger partial charge < -0.3 is 25.2 Å². The topological polar surface area (TPSA) is 90.2 Å². The number of hydrogen-bond donors (Lipinski definition) is 4. The normalized spacial score (nSPS) is 59.7. The Morgan fingerprint density at radius 2 is 1.72 bits per heavy atom. The number of fused-ring (bicyclic) bond motifs is 5. The zero-order valence-corrected chi connectivity index (χ0v) is 19.0. The van der Waals surface area contributed by atoms with Gasteiger partial charge in [0, 0.05) is 22.7 Å². The first-order valence-corrected chi connectivity index (χ1v) is 11.3. The lowest BCUT2D eigenvalue weighted by Gasteiger charge is -2.70. The van der Waals surface area contributed by atoms with Crippen LogP contribution in [0.1, 0.15) is 61.3 Å². The minimum Gasteiger partial charge on any atom is -0.390 e. The molecule has 0 bridgehead atoms. The molecule has 0 aromatic rings. The van der Waals surface area contributed by atoms with Gasteiger partial charge in [-0.05, 0) is 56.4 Å². The third-order valence-corrected chi connectivity index (χ3v) is 10.3. The Bertz CT molecular complexity index is 716. The molecule has 4 rings (SSSR count). The van der Waals surface area contributed by atoms with Crippen molar-refractivity contribution in [3.63, 3.8) is 0 Å². The van der Waals surface area contributed by atoms with Crippen molar-refractivity contribution >= 4 is 0 Å². The Morgan fingerprint density at radius 1 is 1.10 bits per heavy atom. The summed E-state index contributed by atoms with van der Waals surface area (Å²) in [5, 5.41) is 45.8. The van der Waals surface area contributed by atoms with Crippen LogP contribution < -0.4 is 0 Å². The first kappa shape index (κ1) is 21.8. The van der Waals surface area contributed by atoms with Crippen molar-refractivity contribution in [2.24, 2.45) is 39.9 Å². The fraction of sp³-hybridized carbons (Fsp3) is 0.917. The maximum absolute atomic E-state index is 11.6. The van der Waals surface area contributed by atoms with Crippen LogP contribution in [0.2, 0.25) is 0 Å². The van der Waals surface area contributed by atoms with Gasteiger partial charge in [-0.25, -0.2) is 0 Å². The molecular weight excluding hydrogens is 368 g/mol. The van der Waals surface area contributed by atoms with E-state index in [0.717, 1.165) is 18.4 Å². The first-order valence-electron chi connectivity index (χ1n) is 11.3. The number of aliphatic hydroxyl groups is 4. The SMILES string of the molecule is CC1=CC(O)C2(C)C(CCC3(C)C2C(O)C(O)C2(C(C)C)COC(C)C32)C1(C)O. The third kappa shape index (κ3) is 2.34. The van der Waals surface area contributed by atoms with E-state index in [2.05, 4.69) is 27.7 Å². The zero-order chi connectivity index (χ0) is 21.7. The van der Waals surface area contributed by atoms with Crippen molar-refractivity contribution in [2.75, 3.05) is 6.61 Å². The molecule has 166 valence electrons. The standard InChI is InChI=1S/C24H40O5/c1-12(2)24-11-29-14(4)18(24)21(5)9-8-15-22(6,19(21)17(26)20(24)27)16(25)10-13(3)23(15,7)28/h10,12,14-20,25-28H,8-9,11H2,1-7H3. The molecule has 0 amide bonds. The average molecular weight is 409 g/mol. The highest BCUT2D eigenvalue weighted by Gasteiger charge is 2.75. The number of aliphatic hydroxyl groups excluding tert-OH is 3. The van der Waals surface area contributed by atoms with Crippen LogP contribution in [0, 0.1) is 39.9 Å². The predicted octanol–water partition coefficient (Wildman–Crippen LogP) is 2.51. The minimum atomic E-state index is -1.04. The first-order chi connectivity index (χ1) is 13.3. The fourth-order valence-corrected chi connectivity index (χ4v) is 8.78.